The van der Waals surface area contributed by atoms with E-state index in [9.17, 15) is 8.78 Å². The first kappa shape index (κ1) is 22.1. The highest BCUT2D eigenvalue weighted by molar-refractivity contribution is 9.10. The lowest BCUT2D eigenvalue weighted by Crippen LogP contribution is -2.45. The number of nitrogens with one attached hydrogen (secondary N) is 1. The monoisotopic (exact) mass is 418 g/mol. The maximum absolute atomic E-state index is 14.4. The third-order valence-electron chi connectivity index (χ3n) is 3.70. The Balaban J connectivity index is 0.00000220. The number of piperazine rings is 1. The van der Waals surface area contributed by atoms with E-state index in [0.717, 1.165) is 32.6 Å². The van der Waals surface area contributed by atoms with E-state index >= 15 is 0 Å². The zero-order chi connectivity index (χ0) is 14.7. The quantitative estimate of drug-likeness (QED) is 0.719. The Kier molecular flexibility index (Phi) is 10.1. The molecule has 1 aliphatic rings. The maximum Gasteiger partial charge on any atom is 0.145 e. The molecule has 2 rings (SSSR count). The smallest absolute Gasteiger partial charge is 0.145 e. The van der Waals surface area contributed by atoms with Crippen molar-refractivity contribution in [2.75, 3.05) is 26.2 Å². The van der Waals surface area contributed by atoms with Gasteiger partial charge in [0, 0.05) is 37.8 Å². The van der Waals surface area contributed by atoms with Gasteiger partial charge in [-0.15, -0.1) is 24.8 Å². The average Bonchev–Trinajstić information content (AvgIpc) is 2.43. The Morgan fingerprint density at radius 2 is 1.77 bits per heavy atom. The Hall–Kier alpha value is 0.0600. The molecule has 1 atom stereocenters. The van der Waals surface area contributed by atoms with Crippen molar-refractivity contribution in [3.63, 3.8) is 0 Å². The lowest BCUT2D eigenvalue weighted by Gasteiger charge is -2.36. The number of rotatable bonds is 4. The predicted molar refractivity (Wildman–Crippen MR) is 95.2 cm³/mol. The third kappa shape index (κ3) is 5.31. The van der Waals surface area contributed by atoms with E-state index in [1.807, 2.05) is 0 Å². The van der Waals surface area contributed by atoms with Crippen LogP contribution in [-0.4, -0.2) is 31.1 Å². The summed E-state index contributed by atoms with van der Waals surface area (Å²) in [6.07, 6.45) is 0.754. The van der Waals surface area contributed by atoms with Crippen LogP contribution < -0.4 is 5.32 Å². The van der Waals surface area contributed by atoms with Crippen LogP contribution in [0, 0.1) is 17.6 Å². The van der Waals surface area contributed by atoms with Gasteiger partial charge in [-0.05, 0) is 40.4 Å². The van der Waals surface area contributed by atoms with E-state index < -0.39 is 11.6 Å². The van der Waals surface area contributed by atoms with E-state index in [4.69, 9.17) is 0 Å². The molecule has 7 heteroatoms. The first-order chi connectivity index (χ1) is 9.50. The maximum atomic E-state index is 14.4. The highest BCUT2D eigenvalue weighted by Gasteiger charge is 2.28. The summed E-state index contributed by atoms with van der Waals surface area (Å²) >= 11 is 3.17. The molecule has 1 aliphatic heterocycles. The molecule has 1 aromatic rings. The molecule has 1 saturated heterocycles. The molecule has 22 heavy (non-hydrogen) atoms. The van der Waals surface area contributed by atoms with Crippen molar-refractivity contribution in [3.8, 4) is 0 Å². The fraction of sp³-hybridized carbons (Fsp3) is 0.600. The molecule has 0 saturated carbocycles. The molecule has 1 N–H and O–H groups in total. The molecule has 2 nitrogen and oxygen atoms in total. The van der Waals surface area contributed by atoms with Gasteiger partial charge in [0.2, 0.25) is 0 Å². The van der Waals surface area contributed by atoms with E-state index in [1.165, 1.54) is 12.1 Å². The summed E-state index contributed by atoms with van der Waals surface area (Å²) in [5, 5.41) is 3.28. The lowest BCUT2D eigenvalue weighted by molar-refractivity contribution is 0.147. The first-order valence-electron chi connectivity index (χ1n) is 7.09. The van der Waals surface area contributed by atoms with Gasteiger partial charge in [0.1, 0.15) is 11.6 Å². The number of benzene rings is 1. The second-order valence-electron chi connectivity index (χ2n) is 5.69. The molecule has 0 bridgehead atoms. The molecule has 1 heterocycles. The van der Waals surface area contributed by atoms with Crippen LogP contribution in [0.5, 0.6) is 0 Å². The molecule has 0 amide bonds. The van der Waals surface area contributed by atoms with E-state index in [2.05, 4.69) is 40.0 Å². The van der Waals surface area contributed by atoms with Crippen LogP contribution in [0.1, 0.15) is 31.9 Å². The minimum Gasteiger partial charge on any atom is -0.314 e. The van der Waals surface area contributed by atoms with Gasteiger partial charge in [0.25, 0.3) is 0 Å². The van der Waals surface area contributed by atoms with Gasteiger partial charge >= 0.3 is 0 Å². The largest absolute Gasteiger partial charge is 0.314 e. The number of hydrogen-bond donors (Lipinski definition) is 1. The van der Waals surface area contributed by atoms with E-state index in [0.29, 0.717) is 10.4 Å². The third-order valence-corrected chi connectivity index (χ3v) is 4.31. The minimum atomic E-state index is -0.464. The second-order valence-corrected chi connectivity index (χ2v) is 6.54. The van der Waals surface area contributed by atoms with Crippen molar-refractivity contribution in [3.05, 3.63) is 33.8 Å². The highest BCUT2D eigenvalue weighted by Crippen LogP contribution is 2.34. The summed E-state index contributed by atoms with van der Waals surface area (Å²) < 4.78 is 28.9. The average molecular weight is 420 g/mol. The van der Waals surface area contributed by atoms with Gasteiger partial charge in [0.05, 0.1) is 4.47 Å². The van der Waals surface area contributed by atoms with Crippen molar-refractivity contribution in [2.45, 2.75) is 26.3 Å². The van der Waals surface area contributed by atoms with Gasteiger partial charge in [-0.25, -0.2) is 8.78 Å². The van der Waals surface area contributed by atoms with Crippen LogP contribution in [0.2, 0.25) is 0 Å². The zero-order valence-electron chi connectivity index (χ0n) is 12.7. The molecule has 1 aromatic carbocycles. The standard InChI is InChI=1S/C15H21BrF2N2.2ClH/c1-10(2)9-13(20-7-5-19-6-8-20)14-12(17)4-3-11(16)15(14)18;;/h3-4,10,13,19H,5-9H2,1-2H3;2*1H/t13-;;/m0../s1. The van der Waals surface area contributed by atoms with Crippen LogP contribution in [-0.2, 0) is 0 Å². The normalized spacial score (nSPS) is 16.8. The number of hydrogen-bond acceptors (Lipinski definition) is 2. The van der Waals surface area contributed by atoms with Crippen molar-refractivity contribution < 1.29 is 8.78 Å². The van der Waals surface area contributed by atoms with Crippen LogP contribution in [0.3, 0.4) is 0 Å². The topological polar surface area (TPSA) is 15.3 Å². The summed E-state index contributed by atoms with van der Waals surface area (Å²) in [5.74, 6) is -0.531. The van der Waals surface area contributed by atoms with Crippen molar-refractivity contribution in [1.29, 1.82) is 0 Å². The van der Waals surface area contributed by atoms with Crippen LogP contribution in [0.25, 0.3) is 0 Å². The number of halogens is 5. The van der Waals surface area contributed by atoms with Crippen molar-refractivity contribution >= 4 is 40.7 Å². The summed E-state index contributed by atoms with van der Waals surface area (Å²) in [4.78, 5) is 2.18. The highest BCUT2D eigenvalue weighted by atomic mass is 79.9. The van der Waals surface area contributed by atoms with Crippen molar-refractivity contribution in [1.82, 2.24) is 10.2 Å². The number of nitrogens with zero attached hydrogens (tertiary/aromatic N) is 1. The van der Waals surface area contributed by atoms with E-state index in [-0.39, 0.29) is 36.4 Å². The molecular formula is C15H23BrCl2F2N2. The molecule has 0 radical (unpaired) electrons. The Bertz CT molecular complexity index is 469. The van der Waals surface area contributed by atoms with E-state index in [1.54, 1.807) is 0 Å². The molecule has 0 spiro atoms. The molecule has 0 unspecified atom stereocenters. The Labute approximate surface area is 152 Å². The molecule has 0 aromatic heterocycles. The van der Waals surface area contributed by atoms with Crippen LogP contribution in [0.4, 0.5) is 8.78 Å². The van der Waals surface area contributed by atoms with Gasteiger partial charge in [-0.3, -0.25) is 4.90 Å². The minimum absolute atomic E-state index is 0. The fourth-order valence-electron chi connectivity index (χ4n) is 2.74. The SMILES string of the molecule is CC(C)C[C@@H](c1c(F)ccc(Br)c1F)N1CCNCC1.Cl.Cl. The van der Waals surface area contributed by atoms with Crippen LogP contribution in [0.15, 0.2) is 16.6 Å². The molecule has 0 aliphatic carbocycles. The molecule has 128 valence electrons. The summed E-state index contributed by atoms with van der Waals surface area (Å²) in [6.45, 7) is 7.55. The summed E-state index contributed by atoms with van der Waals surface area (Å²) in [6, 6.07) is 2.57. The zero-order valence-corrected chi connectivity index (χ0v) is 16.0. The summed E-state index contributed by atoms with van der Waals surface area (Å²) in [5.41, 5.74) is 0.204. The second kappa shape index (κ2) is 10.0. The predicted octanol–water partition coefficient (Wildman–Crippen LogP) is 4.56. The summed E-state index contributed by atoms with van der Waals surface area (Å²) in [7, 11) is 0. The van der Waals surface area contributed by atoms with Crippen molar-refractivity contribution in [2.24, 2.45) is 5.92 Å². The van der Waals surface area contributed by atoms with Gasteiger partial charge in [-0.2, -0.15) is 0 Å². The Morgan fingerprint density at radius 3 is 2.32 bits per heavy atom. The fourth-order valence-corrected chi connectivity index (χ4v) is 3.08. The molecule has 1 fully saturated rings. The van der Waals surface area contributed by atoms with Gasteiger partial charge < -0.3 is 5.32 Å². The van der Waals surface area contributed by atoms with Crippen LogP contribution >= 0.6 is 40.7 Å². The Morgan fingerprint density at radius 1 is 1.18 bits per heavy atom. The van der Waals surface area contributed by atoms with Gasteiger partial charge in [-0.1, -0.05) is 13.8 Å². The first-order valence-corrected chi connectivity index (χ1v) is 7.88. The molecular weight excluding hydrogens is 397 g/mol. The lowest BCUT2D eigenvalue weighted by atomic mass is 9.94. The van der Waals surface area contributed by atoms with Gasteiger partial charge in [0.15, 0.2) is 0 Å².